The molecular weight excluding hydrogens is 350 g/mol. The second-order valence-electron chi connectivity index (χ2n) is 6.01. The first-order valence-corrected chi connectivity index (χ1v) is 8.78. The predicted molar refractivity (Wildman–Crippen MR) is 110 cm³/mol. The Morgan fingerprint density at radius 1 is 0.821 bits per heavy atom. The van der Waals surface area contributed by atoms with Gasteiger partial charge in [0.2, 0.25) is 0 Å². The molecule has 0 fully saturated rings. The number of nitrogens with one attached hydrogen (secondary N) is 2. The van der Waals surface area contributed by atoms with Crippen molar-refractivity contribution in [3.63, 3.8) is 0 Å². The smallest absolute Gasteiger partial charge is 0.278 e. The number of aromatic amines is 1. The minimum absolute atomic E-state index is 0.198. The molecule has 6 heteroatoms. The monoisotopic (exact) mass is 367 g/mol. The van der Waals surface area contributed by atoms with E-state index in [1.807, 2.05) is 91.0 Å². The molecule has 0 spiro atoms. The Bertz CT molecular complexity index is 1140. The lowest BCUT2D eigenvalue weighted by Crippen LogP contribution is -2.24. The molecule has 1 aromatic heterocycles. The van der Waals surface area contributed by atoms with Crippen molar-refractivity contribution >= 4 is 11.4 Å². The van der Waals surface area contributed by atoms with E-state index in [4.69, 9.17) is 0 Å². The molecule has 0 aliphatic rings. The van der Waals surface area contributed by atoms with Crippen molar-refractivity contribution in [2.45, 2.75) is 0 Å². The van der Waals surface area contributed by atoms with Gasteiger partial charge in [-0.05, 0) is 12.1 Å². The van der Waals surface area contributed by atoms with Crippen LogP contribution in [0.25, 0.3) is 11.4 Å². The lowest BCUT2D eigenvalue weighted by molar-refractivity contribution is 0.932. The fraction of sp³-hybridized carbons (Fsp3) is 0. The zero-order valence-electron chi connectivity index (χ0n) is 14.9. The summed E-state index contributed by atoms with van der Waals surface area (Å²) in [5.41, 5.74) is 5.62. The Morgan fingerprint density at radius 3 is 2.11 bits per heavy atom. The van der Waals surface area contributed by atoms with Crippen LogP contribution >= 0.6 is 0 Å². The molecule has 4 aromatic rings. The molecule has 4 rings (SSSR count). The molecule has 0 bridgehead atoms. The number of anilines is 1. The van der Waals surface area contributed by atoms with Crippen molar-refractivity contribution in [3.8, 4) is 11.4 Å². The zero-order valence-corrected chi connectivity index (χ0v) is 14.9. The summed E-state index contributed by atoms with van der Waals surface area (Å²) in [6, 6.07) is 28.5. The quantitative estimate of drug-likeness (QED) is 0.416. The highest BCUT2D eigenvalue weighted by molar-refractivity contribution is 6.11. The molecule has 0 unspecified atom stereocenters. The third kappa shape index (κ3) is 3.86. The number of H-pyrrole nitrogens is 1. The Hall–Kier alpha value is -4.06. The van der Waals surface area contributed by atoms with Crippen LogP contribution in [0.3, 0.4) is 0 Å². The van der Waals surface area contributed by atoms with Gasteiger partial charge in [-0.3, -0.25) is 10.2 Å². The number of rotatable bonds is 5. The van der Waals surface area contributed by atoms with Crippen molar-refractivity contribution in [2.24, 2.45) is 5.10 Å². The summed E-state index contributed by atoms with van der Waals surface area (Å²) in [6.45, 7) is 0. The molecule has 0 saturated heterocycles. The lowest BCUT2D eigenvalue weighted by Gasteiger charge is -2.08. The number of nitrogens with zero attached hydrogens (tertiary/aromatic N) is 3. The molecule has 0 amide bonds. The predicted octanol–water partition coefficient (Wildman–Crippen LogP) is 3.70. The van der Waals surface area contributed by atoms with Crippen LogP contribution in [-0.2, 0) is 0 Å². The molecule has 0 aliphatic carbocycles. The van der Waals surface area contributed by atoms with Crippen LogP contribution in [0.1, 0.15) is 11.3 Å². The topological polar surface area (TPSA) is 83.0 Å². The number of benzene rings is 3. The van der Waals surface area contributed by atoms with Gasteiger partial charge in [-0.1, -0.05) is 78.9 Å². The summed E-state index contributed by atoms with van der Waals surface area (Å²) < 4.78 is 0. The van der Waals surface area contributed by atoms with Gasteiger partial charge in [0.25, 0.3) is 5.56 Å². The molecule has 0 saturated carbocycles. The average molecular weight is 367 g/mol. The third-order valence-electron chi connectivity index (χ3n) is 4.07. The second kappa shape index (κ2) is 8.09. The zero-order chi connectivity index (χ0) is 19.2. The summed E-state index contributed by atoms with van der Waals surface area (Å²) in [7, 11) is 0. The van der Waals surface area contributed by atoms with Gasteiger partial charge in [-0.15, -0.1) is 0 Å². The van der Waals surface area contributed by atoms with Gasteiger partial charge in [0.1, 0.15) is 5.71 Å². The van der Waals surface area contributed by atoms with Crippen molar-refractivity contribution in [3.05, 3.63) is 113 Å². The summed E-state index contributed by atoms with van der Waals surface area (Å²) >= 11 is 0. The molecule has 28 heavy (non-hydrogen) atoms. The van der Waals surface area contributed by atoms with E-state index in [2.05, 4.69) is 25.7 Å². The molecule has 0 aliphatic heterocycles. The van der Waals surface area contributed by atoms with E-state index in [-0.39, 0.29) is 5.69 Å². The molecule has 6 nitrogen and oxygen atoms in total. The fourth-order valence-electron chi connectivity index (χ4n) is 2.70. The van der Waals surface area contributed by atoms with E-state index in [9.17, 15) is 4.79 Å². The van der Waals surface area contributed by atoms with Crippen molar-refractivity contribution in [1.29, 1.82) is 0 Å². The molecule has 136 valence electrons. The molecule has 3 aromatic carbocycles. The van der Waals surface area contributed by atoms with Gasteiger partial charge < -0.3 is 0 Å². The molecule has 0 radical (unpaired) electrons. The number of hydrogen-bond donors (Lipinski definition) is 2. The van der Waals surface area contributed by atoms with Crippen LogP contribution in [0, 0.1) is 0 Å². The maximum absolute atomic E-state index is 12.5. The lowest BCUT2D eigenvalue weighted by atomic mass is 10.1. The average Bonchev–Trinajstić information content (AvgIpc) is 2.77. The summed E-state index contributed by atoms with van der Waals surface area (Å²) in [4.78, 5) is 17.0. The maximum atomic E-state index is 12.5. The Kier molecular flexibility index (Phi) is 5.02. The first-order valence-electron chi connectivity index (χ1n) is 8.78. The van der Waals surface area contributed by atoms with Gasteiger partial charge in [0, 0.05) is 11.1 Å². The van der Waals surface area contributed by atoms with Crippen LogP contribution < -0.4 is 11.0 Å². The van der Waals surface area contributed by atoms with Gasteiger partial charge >= 0.3 is 0 Å². The highest BCUT2D eigenvalue weighted by Crippen LogP contribution is 2.14. The van der Waals surface area contributed by atoms with Crippen LogP contribution in [0.2, 0.25) is 0 Å². The van der Waals surface area contributed by atoms with Crippen LogP contribution in [0.4, 0.5) is 5.69 Å². The Balaban J connectivity index is 1.82. The highest BCUT2D eigenvalue weighted by Gasteiger charge is 2.16. The summed E-state index contributed by atoms with van der Waals surface area (Å²) in [5, 5.41) is 11.1. The molecular formula is C22H17N5O. The van der Waals surface area contributed by atoms with E-state index in [1.54, 1.807) is 0 Å². The van der Waals surface area contributed by atoms with Crippen molar-refractivity contribution in [2.75, 3.05) is 5.43 Å². The Labute approximate surface area is 161 Å². The van der Waals surface area contributed by atoms with E-state index < -0.39 is 5.56 Å². The van der Waals surface area contributed by atoms with E-state index >= 15 is 0 Å². The number of aromatic nitrogens is 3. The van der Waals surface area contributed by atoms with E-state index in [1.165, 1.54) is 0 Å². The second-order valence-corrected chi connectivity index (χ2v) is 6.01. The third-order valence-corrected chi connectivity index (χ3v) is 4.07. The van der Waals surface area contributed by atoms with Crippen molar-refractivity contribution < 1.29 is 0 Å². The molecule has 0 atom stereocenters. The van der Waals surface area contributed by atoms with Crippen LogP contribution in [-0.4, -0.2) is 20.9 Å². The highest BCUT2D eigenvalue weighted by atomic mass is 16.1. The summed E-state index contributed by atoms with van der Waals surface area (Å²) in [6.07, 6.45) is 0. The van der Waals surface area contributed by atoms with Crippen LogP contribution in [0.15, 0.2) is 101 Å². The van der Waals surface area contributed by atoms with Gasteiger partial charge in [-0.2, -0.15) is 10.2 Å². The maximum Gasteiger partial charge on any atom is 0.292 e. The fourth-order valence-corrected chi connectivity index (χ4v) is 2.70. The minimum atomic E-state index is -0.405. The number of hydrazone groups is 1. The van der Waals surface area contributed by atoms with Crippen molar-refractivity contribution in [1.82, 2.24) is 15.2 Å². The molecule has 2 N–H and O–H groups in total. The first-order chi connectivity index (χ1) is 13.8. The Morgan fingerprint density at radius 2 is 1.43 bits per heavy atom. The SMILES string of the molecule is O=c1[nH]nc(-c2ccccc2)nc1/C(=N/Nc1ccccc1)c1ccccc1. The van der Waals surface area contributed by atoms with E-state index in [0.29, 0.717) is 11.5 Å². The normalized spacial score (nSPS) is 11.2. The van der Waals surface area contributed by atoms with Gasteiger partial charge in [0.15, 0.2) is 11.5 Å². The minimum Gasteiger partial charge on any atom is -0.278 e. The van der Waals surface area contributed by atoms with Gasteiger partial charge in [0.05, 0.1) is 5.69 Å². The summed E-state index contributed by atoms with van der Waals surface area (Å²) in [5.74, 6) is 0.429. The van der Waals surface area contributed by atoms with E-state index in [0.717, 1.165) is 16.8 Å². The van der Waals surface area contributed by atoms with Crippen LogP contribution in [0.5, 0.6) is 0 Å². The number of hydrogen-bond acceptors (Lipinski definition) is 5. The largest absolute Gasteiger partial charge is 0.292 e. The molecule has 1 heterocycles. The van der Waals surface area contributed by atoms with Gasteiger partial charge in [-0.25, -0.2) is 10.1 Å². The standard InChI is InChI=1S/C22H17N5O/c28-22-20(23-21(26-27-22)17-12-6-2-7-13-17)19(16-10-4-1-5-11-16)25-24-18-14-8-3-9-15-18/h1-15,24H,(H,27,28)/b25-19+. The first kappa shape index (κ1) is 17.4. The number of para-hydroxylation sites is 1.